The van der Waals surface area contributed by atoms with Crippen LogP contribution in [0.4, 0.5) is 5.00 Å². The Bertz CT molecular complexity index is 1220. The van der Waals surface area contributed by atoms with Crippen LogP contribution in [0.25, 0.3) is 0 Å². The van der Waals surface area contributed by atoms with Gasteiger partial charge in [0, 0.05) is 10.4 Å². The van der Waals surface area contributed by atoms with Crippen LogP contribution in [0.5, 0.6) is 0 Å². The number of anilines is 1. The molecule has 35 heavy (non-hydrogen) atoms. The van der Waals surface area contributed by atoms with Crippen molar-refractivity contribution in [2.24, 2.45) is 5.92 Å². The number of benzene rings is 2. The Hall–Kier alpha value is -3.45. The fourth-order valence-corrected chi connectivity index (χ4v) is 5.60. The van der Waals surface area contributed by atoms with Gasteiger partial charge >= 0.3 is 11.9 Å². The second-order valence-electron chi connectivity index (χ2n) is 8.83. The van der Waals surface area contributed by atoms with Crippen molar-refractivity contribution in [3.63, 3.8) is 0 Å². The minimum absolute atomic E-state index is 0.244. The molecule has 3 aromatic rings. The number of aryl methyl sites for hydroxylation is 1. The molecule has 6 nitrogen and oxygen atoms in total. The molecule has 0 saturated carbocycles. The van der Waals surface area contributed by atoms with E-state index in [1.807, 2.05) is 25.1 Å². The Morgan fingerprint density at radius 2 is 1.77 bits per heavy atom. The van der Waals surface area contributed by atoms with Gasteiger partial charge in [-0.1, -0.05) is 55.0 Å². The van der Waals surface area contributed by atoms with Gasteiger partial charge in [0.2, 0.25) is 6.10 Å². The highest BCUT2D eigenvalue weighted by molar-refractivity contribution is 7.17. The first-order valence-corrected chi connectivity index (χ1v) is 12.6. The molecule has 2 atom stereocenters. The van der Waals surface area contributed by atoms with Crippen LogP contribution in [0.15, 0.2) is 54.6 Å². The molecular weight excluding hydrogens is 462 g/mol. The molecule has 1 aliphatic carbocycles. The van der Waals surface area contributed by atoms with Crippen molar-refractivity contribution in [2.75, 3.05) is 11.9 Å². The third-order valence-electron chi connectivity index (χ3n) is 6.08. The maximum absolute atomic E-state index is 13.5. The van der Waals surface area contributed by atoms with E-state index in [9.17, 15) is 14.4 Å². The van der Waals surface area contributed by atoms with Crippen molar-refractivity contribution < 1.29 is 23.9 Å². The number of nitrogens with one attached hydrogen (secondary N) is 1. The normalized spacial score (nSPS) is 15.6. The predicted molar refractivity (Wildman–Crippen MR) is 136 cm³/mol. The molecule has 2 aromatic carbocycles. The monoisotopic (exact) mass is 491 g/mol. The number of ether oxygens (including phenoxy) is 2. The largest absolute Gasteiger partial charge is 0.462 e. The average Bonchev–Trinajstić information content (AvgIpc) is 3.20. The molecule has 0 spiro atoms. The number of fused-ring (bicyclic) bond motifs is 1. The molecular formula is C28H29NO5S. The summed E-state index contributed by atoms with van der Waals surface area (Å²) in [6.45, 7) is 6.11. The summed E-state index contributed by atoms with van der Waals surface area (Å²) in [5.74, 6) is -1.05. The first kappa shape index (κ1) is 24.7. The van der Waals surface area contributed by atoms with Crippen LogP contribution < -0.4 is 5.32 Å². The molecule has 1 heterocycles. The Balaban J connectivity index is 1.64. The van der Waals surface area contributed by atoms with Gasteiger partial charge in [-0.3, -0.25) is 4.79 Å². The highest BCUT2D eigenvalue weighted by Crippen LogP contribution is 2.40. The highest BCUT2D eigenvalue weighted by atomic mass is 32.1. The van der Waals surface area contributed by atoms with Crippen LogP contribution in [0, 0.1) is 12.8 Å². The molecule has 1 amide bonds. The van der Waals surface area contributed by atoms with E-state index in [0.717, 1.165) is 35.3 Å². The molecule has 1 aliphatic rings. The summed E-state index contributed by atoms with van der Waals surface area (Å²) < 4.78 is 11.0. The Labute approximate surface area is 209 Å². The van der Waals surface area contributed by atoms with E-state index in [4.69, 9.17) is 9.47 Å². The summed E-state index contributed by atoms with van der Waals surface area (Å²) in [7, 11) is 0. The van der Waals surface area contributed by atoms with E-state index in [2.05, 4.69) is 12.2 Å². The molecule has 0 bridgehead atoms. The Morgan fingerprint density at radius 3 is 2.46 bits per heavy atom. The van der Waals surface area contributed by atoms with Gasteiger partial charge in [0.1, 0.15) is 5.00 Å². The summed E-state index contributed by atoms with van der Waals surface area (Å²) in [6.07, 6.45) is 1.41. The van der Waals surface area contributed by atoms with Crippen molar-refractivity contribution in [1.29, 1.82) is 0 Å². The topological polar surface area (TPSA) is 81.7 Å². The van der Waals surface area contributed by atoms with Crippen LogP contribution in [-0.2, 0) is 27.1 Å². The number of esters is 2. The number of thiophene rings is 1. The molecule has 0 radical (unpaired) electrons. The molecule has 1 N–H and O–H groups in total. The van der Waals surface area contributed by atoms with Gasteiger partial charge in [0.15, 0.2) is 0 Å². The number of carbonyl (C=O) groups excluding carboxylic acids is 3. The summed E-state index contributed by atoms with van der Waals surface area (Å²) in [5, 5.41) is 3.33. The van der Waals surface area contributed by atoms with Gasteiger partial charge in [-0.05, 0) is 56.7 Å². The molecule has 0 fully saturated rings. The zero-order chi connectivity index (χ0) is 24.9. The fraction of sp³-hybridized carbons (Fsp3) is 0.321. The van der Waals surface area contributed by atoms with E-state index in [1.54, 1.807) is 43.3 Å². The molecule has 1 aromatic heterocycles. The van der Waals surface area contributed by atoms with Crippen molar-refractivity contribution in [3.05, 3.63) is 87.3 Å². The van der Waals surface area contributed by atoms with Crippen molar-refractivity contribution >= 4 is 34.2 Å². The lowest BCUT2D eigenvalue weighted by molar-refractivity contribution is -0.125. The van der Waals surface area contributed by atoms with Crippen molar-refractivity contribution in [1.82, 2.24) is 0 Å². The first-order chi connectivity index (χ1) is 16.9. The molecule has 7 heteroatoms. The van der Waals surface area contributed by atoms with Gasteiger partial charge in [-0.15, -0.1) is 11.3 Å². The van der Waals surface area contributed by atoms with E-state index >= 15 is 0 Å². The van der Waals surface area contributed by atoms with Crippen LogP contribution in [0.2, 0.25) is 0 Å². The second kappa shape index (κ2) is 10.9. The van der Waals surface area contributed by atoms with Crippen LogP contribution in [0.1, 0.15) is 68.7 Å². The summed E-state index contributed by atoms with van der Waals surface area (Å²) in [4.78, 5) is 40.3. The number of rotatable bonds is 7. The van der Waals surface area contributed by atoms with Crippen LogP contribution >= 0.6 is 11.3 Å². The standard InChI is InChI=1S/C28H29NO5S/c1-4-33-28(32)23-21-15-12-18(3)16-22(21)35-26(23)29-25(30)24(19-8-6-5-7-9-19)34-27(31)20-13-10-17(2)11-14-20/h5-11,13-14,18,24H,4,12,15-16H2,1-3H3,(H,29,30)/t18-,24-/m0/s1. The number of hydrogen-bond donors (Lipinski definition) is 1. The van der Waals surface area contributed by atoms with Crippen LogP contribution in [0.3, 0.4) is 0 Å². The zero-order valence-electron chi connectivity index (χ0n) is 20.1. The Morgan fingerprint density at radius 1 is 1.06 bits per heavy atom. The highest BCUT2D eigenvalue weighted by Gasteiger charge is 2.32. The third-order valence-corrected chi connectivity index (χ3v) is 7.25. The van der Waals surface area contributed by atoms with E-state index < -0.39 is 23.9 Å². The average molecular weight is 492 g/mol. The fourth-order valence-electron chi connectivity index (χ4n) is 4.20. The van der Waals surface area contributed by atoms with Crippen molar-refractivity contribution in [2.45, 2.75) is 46.1 Å². The third kappa shape index (κ3) is 5.62. The first-order valence-electron chi connectivity index (χ1n) is 11.8. The Kier molecular flexibility index (Phi) is 7.66. The van der Waals surface area contributed by atoms with E-state index in [1.165, 1.54) is 11.3 Å². The summed E-state index contributed by atoms with van der Waals surface area (Å²) in [6, 6.07) is 15.8. The maximum atomic E-state index is 13.5. The molecule has 0 saturated heterocycles. The lowest BCUT2D eigenvalue weighted by atomic mass is 9.88. The predicted octanol–water partition coefficient (Wildman–Crippen LogP) is 5.89. The zero-order valence-corrected chi connectivity index (χ0v) is 20.9. The smallest absolute Gasteiger partial charge is 0.341 e. The second-order valence-corrected chi connectivity index (χ2v) is 9.93. The van der Waals surface area contributed by atoms with Crippen LogP contribution in [-0.4, -0.2) is 24.5 Å². The summed E-state index contributed by atoms with van der Waals surface area (Å²) >= 11 is 1.40. The molecule has 0 unspecified atom stereocenters. The van der Waals surface area contributed by atoms with Gasteiger partial charge in [0.25, 0.3) is 5.91 Å². The van der Waals surface area contributed by atoms with Gasteiger partial charge in [-0.25, -0.2) is 9.59 Å². The molecule has 182 valence electrons. The molecule has 4 rings (SSSR count). The number of hydrogen-bond acceptors (Lipinski definition) is 6. The van der Waals surface area contributed by atoms with Gasteiger partial charge in [0.05, 0.1) is 17.7 Å². The minimum Gasteiger partial charge on any atom is -0.462 e. The van der Waals surface area contributed by atoms with Gasteiger partial charge < -0.3 is 14.8 Å². The van der Waals surface area contributed by atoms with E-state index in [0.29, 0.717) is 27.6 Å². The molecule has 0 aliphatic heterocycles. The quantitative estimate of drug-likeness (QED) is 0.417. The minimum atomic E-state index is -1.18. The summed E-state index contributed by atoms with van der Waals surface area (Å²) in [5.41, 5.74) is 3.29. The van der Waals surface area contributed by atoms with Gasteiger partial charge in [-0.2, -0.15) is 0 Å². The number of carbonyl (C=O) groups is 3. The van der Waals surface area contributed by atoms with Crippen molar-refractivity contribution in [3.8, 4) is 0 Å². The number of amides is 1. The lowest BCUT2D eigenvalue weighted by Crippen LogP contribution is -2.26. The SMILES string of the molecule is CCOC(=O)c1c(NC(=O)[C@@H](OC(=O)c2ccc(C)cc2)c2ccccc2)sc2c1CC[C@H](C)C2. The lowest BCUT2D eigenvalue weighted by Gasteiger charge is -2.19. The van der Waals surface area contributed by atoms with E-state index in [-0.39, 0.29) is 6.61 Å². The maximum Gasteiger partial charge on any atom is 0.341 e.